The molecule has 0 heterocycles. The smallest absolute Gasteiger partial charge is 0.251 e. The maximum Gasteiger partial charge on any atom is 0.251 e. The molecule has 0 aliphatic heterocycles. The maximum absolute atomic E-state index is 11.6. The summed E-state index contributed by atoms with van der Waals surface area (Å²) in [6.07, 6.45) is 2.54. The number of carbonyl (C=O) groups excluding carboxylic acids is 1. The molecule has 0 saturated heterocycles. The molecule has 0 radical (unpaired) electrons. The monoisotopic (exact) mass is 301 g/mol. The van der Waals surface area contributed by atoms with E-state index in [0.29, 0.717) is 0 Å². The first kappa shape index (κ1) is 9.96. The van der Waals surface area contributed by atoms with Gasteiger partial charge in [0.1, 0.15) is 0 Å². The Hall–Kier alpha value is -0.580. The first-order valence-corrected chi connectivity index (χ1v) is 5.87. The number of nitrogens with one attached hydrogen (secondary N) is 1. The van der Waals surface area contributed by atoms with Crippen LogP contribution in [0.3, 0.4) is 0 Å². The number of hydrogen-bond donors (Lipinski definition) is 1. The Morgan fingerprint density at radius 1 is 1.36 bits per heavy atom. The Balaban J connectivity index is 1.92. The van der Waals surface area contributed by atoms with Crippen LogP contribution in [0.5, 0.6) is 0 Å². The van der Waals surface area contributed by atoms with E-state index in [4.69, 9.17) is 0 Å². The van der Waals surface area contributed by atoms with Gasteiger partial charge in [0, 0.05) is 15.7 Å². The highest BCUT2D eigenvalue weighted by atomic mass is 127. The Morgan fingerprint density at radius 3 is 2.57 bits per heavy atom. The summed E-state index contributed by atoms with van der Waals surface area (Å²) in [6.45, 7) is 0.838. The van der Waals surface area contributed by atoms with Crippen LogP contribution in [0.4, 0.5) is 0 Å². The molecule has 3 heteroatoms. The minimum atomic E-state index is 0.0494. The van der Waals surface area contributed by atoms with E-state index in [1.165, 1.54) is 12.8 Å². The van der Waals surface area contributed by atoms with Crippen molar-refractivity contribution in [3.63, 3.8) is 0 Å². The molecule has 1 aromatic rings. The van der Waals surface area contributed by atoms with Crippen molar-refractivity contribution in [1.29, 1.82) is 0 Å². The number of hydrogen-bond acceptors (Lipinski definition) is 1. The quantitative estimate of drug-likeness (QED) is 0.854. The van der Waals surface area contributed by atoms with Gasteiger partial charge in [-0.2, -0.15) is 0 Å². The molecule has 1 fully saturated rings. The maximum atomic E-state index is 11.6. The Labute approximate surface area is 97.2 Å². The zero-order chi connectivity index (χ0) is 9.97. The third kappa shape index (κ3) is 2.70. The van der Waals surface area contributed by atoms with Crippen LogP contribution >= 0.6 is 22.6 Å². The number of rotatable bonds is 3. The lowest BCUT2D eigenvalue weighted by atomic mass is 10.2. The second-order valence-corrected chi connectivity index (χ2v) is 4.91. The van der Waals surface area contributed by atoms with Crippen molar-refractivity contribution in [3.05, 3.63) is 33.4 Å². The lowest BCUT2D eigenvalue weighted by Crippen LogP contribution is -2.25. The molecule has 0 aromatic heterocycles. The normalized spacial score (nSPS) is 15.2. The summed E-state index contributed by atoms with van der Waals surface area (Å²) >= 11 is 2.23. The second kappa shape index (κ2) is 4.29. The van der Waals surface area contributed by atoms with E-state index in [-0.39, 0.29) is 5.91 Å². The number of amides is 1. The van der Waals surface area contributed by atoms with Gasteiger partial charge in [0.25, 0.3) is 5.91 Å². The molecule has 0 spiro atoms. The van der Waals surface area contributed by atoms with Crippen LogP contribution in [0.1, 0.15) is 23.2 Å². The van der Waals surface area contributed by atoms with Gasteiger partial charge in [0.05, 0.1) is 0 Å². The van der Waals surface area contributed by atoms with Crippen LogP contribution in [0, 0.1) is 9.49 Å². The van der Waals surface area contributed by atoms with Gasteiger partial charge in [-0.1, -0.05) is 0 Å². The molecular formula is C11H12INO. The lowest BCUT2D eigenvalue weighted by Gasteiger charge is -2.03. The van der Waals surface area contributed by atoms with E-state index in [0.717, 1.165) is 21.6 Å². The predicted molar refractivity (Wildman–Crippen MR) is 64.2 cm³/mol. The van der Waals surface area contributed by atoms with Crippen molar-refractivity contribution >= 4 is 28.5 Å². The van der Waals surface area contributed by atoms with Gasteiger partial charge in [0.2, 0.25) is 0 Å². The predicted octanol–water partition coefficient (Wildman–Crippen LogP) is 2.43. The Kier molecular flexibility index (Phi) is 3.05. The SMILES string of the molecule is O=C(NCC1CC1)c1ccc(I)cc1. The van der Waals surface area contributed by atoms with Gasteiger partial charge in [-0.25, -0.2) is 0 Å². The van der Waals surface area contributed by atoms with Crippen LogP contribution in [-0.2, 0) is 0 Å². The Morgan fingerprint density at radius 2 is 2.00 bits per heavy atom. The molecule has 1 saturated carbocycles. The first-order valence-electron chi connectivity index (χ1n) is 4.79. The molecular weight excluding hydrogens is 289 g/mol. The molecule has 2 nitrogen and oxygen atoms in total. The zero-order valence-electron chi connectivity index (χ0n) is 7.79. The molecule has 1 aromatic carbocycles. The minimum absolute atomic E-state index is 0.0494. The molecule has 0 unspecified atom stereocenters. The van der Waals surface area contributed by atoms with Crippen LogP contribution in [-0.4, -0.2) is 12.5 Å². The van der Waals surface area contributed by atoms with Gasteiger partial charge in [-0.3, -0.25) is 4.79 Å². The summed E-state index contributed by atoms with van der Waals surface area (Å²) in [4.78, 5) is 11.6. The van der Waals surface area contributed by atoms with Crippen molar-refractivity contribution in [1.82, 2.24) is 5.32 Å². The summed E-state index contributed by atoms with van der Waals surface area (Å²) in [5.41, 5.74) is 0.756. The molecule has 74 valence electrons. The molecule has 1 amide bonds. The highest BCUT2D eigenvalue weighted by Crippen LogP contribution is 2.27. The third-order valence-corrected chi connectivity index (χ3v) is 3.07. The highest BCUT2D eigenvalue weighted by molar-refractivity contribution is 14.1. The zero-order valence-corrected chi connectivity index (χ0v) is 9.95. The minimum Gasteiger partial charge on any atom is -0.352 e. The van der Waals surface area contributed by atoms with E-state index >= 15 is 0 Å². The molecule has 14 heavy (non-hydrogen) atoms. The van der Waals surface area contributed by atoms with Crippen LogP contribution in [0.25, 0.3) is 0 Å². The van der Waals surface area contributed by atoms with Gasteiger partial charge in [-0.05, 0) is 65.6 Å². The van der Waals surface area contributed by atoms with Crippen molar-refractivity contribution in [3.8, 4) is 0 Å². The van der Waals surface area contributed by atoms with Gasteiger partial charge < -0.3 is 5.32 Å². The van der Waals surface area contributed by atoms with E-state index in [2.05, 4.69) is 27.9 Å². The van der Waals surface area contributed by atoms with Crippen LogP contribution < -0.4 is 5.32 Å². The summed E-state index contributed by atoms with van der Waals surface area (Å²) in [5, 5.41) is 2.94. The number of halogens is 1. The Bertz CT molecular complexity index is 330. The lowest BCUT2D eigenvalue weighted by molar-refractivity contribution is 0.0952. The van der Waals surface area contributed by atoms with Crippen molar-refractivity contribution < 1.29 is 4.79 Å². The highest BCUT2D eigenvalue weighted by Gasteiger charge is 2.21. The fourth-order valence-corrected chi connectivity index (χ4v) is 1.62. The molecule has 1 aliphatic carbocycles. The first-order chi connectivity index (χ1) is 6.75. The topological polar surface area (TPSA) is 29.1 Å². The van der Waals surface area contributed by atoms with E-state index in [9.17, 15) is 4.79 Å². The number of carbonyl (C=O) groups is 1. The molecule has 2 rings (SSSR count). The van der Waals surface area contributed by atoms with Gasteiger partial charge in [-0.15, -0.1) is 0 Å². The van der Waals surface area contributed by atoms with Gasteiger partial charge >= 0.3 is 0 Å². The second-order valence-electron chi connectivity index (χ2n) is 3.66. The van der Waals surface area contributed by atoms with Crippen LogP contribution in [0.2, 0.25) is 0 Å². The standard InChI is InChI=1S/C11H12INO/c12-10-5-3-9(4-6-10)11(14)13-7-8-1-2-8/h3-6,8H,1-2,7H2,(H,13,14). The average molecular weight is 301 g/mol. The summed E-state index contributed by atoms with van der Waals surface area (Å²) in [5.74, 6) is 0.788. The molecule has 1 N–H and O–H groups in total. The van der Waals surface area contributed by atoms with Crippen molar-refractivity contribution in [2.24, 2.45) is 5.92 Å². The molecule has 1 aliphatic rings. The summed E-state index contributed by atoms with van der Waals surface area (Å²) in [7, 11) is 0. The van der Waals surface area contributed by atoms with E-state index in [1.54, 1.807) is 0 Å². The van der Waals surface area contributed by atoms with Crippen molar-refractivity contribution in [2.45, 2.75) is 12.8 Å². The summed E-state index contributed by atoms with van der Waals surface area (Å²) < 4.78 is 1.15. The average Bonchev–Trinajstić information content (AvgIpc) is 2.99. The molecule has 0 atom stereocenters. The fourth-order valence-electron chi connectivity index (χ4n) is 1.26. The largest absolute Gasteiger partial charge is 0.352 e. The van der Waals surface area contributed by atoms with Crippen molar-refractivity contribution in [2.75, 3.05) is 6.54 Å². The van der Waals surface area contributed by atoms with Crippen LogP contribution in [0.15, 0.2) is 24.3 Å². The summed E-state index contributed by atoms with van der Waals surface area (Å²) in [6, 6.07) is 7.63. The number of benzene rings is 1. The molecule has 0 bridgehead atoms. The van der Waals surface area contributed by atoms with E-state index in [1.807, 2.05) is 24.3 Å². The third-order valence-electron chi connectivity index (χ3n) is 2.35. The fraction of sp³-hybridized carbons (Fsp3) is 0.364. The van der Waals surface area contributed by atoms with E-state index < -0.39 is 0 Å². The van der Waals surface area contributed by atoms with Gasteiger partial charge in [0.15, 0.2) is 0 Å².